The van der Waals surface area contributed by atoms with E-state index >= 15 is 0 Å². The maximum atomic E-state index is 9.51. The first kappa shape index (κ1) is 18.1. The van der Waals surface area contributed by atoms with Crippen molar-refractivity contribution in [3.8, 4) is 34.3 Å². The van der Waals surface area contributed by atoms with E-state index in [-0.39, 0.29) is 11.4 Å². The molecule has 0 amide bonds. The van der Waals surface area contributed by atoms with E-state index in [1.165, 1.54) is 0 Å². The van der Waals surface area contributed by atoms with Gasteiger partial charge in [-0.2, -0.15) is 5.26 Å². The van der Waals surface area contributed by atoms with Crippen LogP contribution in [0.15, 0.2) is 36.8 Å². The van der Waals surface area contributed by atoms with E-state index in [0.29, 0.717) is 28.6 Å². The van der Waals surface area contributed by atoms with E-state index in [1.54, 1.807) is 37.8 Å². The topological polar surface area (TPSA) is 123 Å². The minimum Gasteiger partial charge on any atom is -0.481 e. The fourth-order valence-corrected chi connectivity index (χ4v) is 2.51. The third kappa shape index (κ3) is 3.93. The maximum Gasteiger partial charge on any atom is 0.222 e. The van der Waals surface area contributed by atoms with Gasteiger partial charge in [-0.25, -0.2) is 19.9 Å². The Kier molecular flexibility index (Phi) is 5.42. The first-order valence-electron chi connectivity index (χ1n) is 8.43. The highest BCUT2D eigenvalue weighted by Crippen LogP contribution is 2.30. The Balaban J connectivity index is 2.03. The fraction of sp³-hybridized carbons (Fsp3) is 0.211. The summed E-state index contributed by atoms with van der Waals surface area (Å²) >= 11 is 0. The van der Waals surface area contributed by atoms with E-state index in [9.17, 15) is 5.26 Å². The Hall–Kier alpha value is -3.73. The zero-order chi connectivity index (χ0) is 19.2. The largest absolute Gasteiger partial charge is 0.481 e. The van der Waals surface area contributed by atoms with Crippen LogP contribution >= 0.6 is 0 Å². The molecule has 0 atom stereocenters. The van der Waals surface area contributed by atoms with Gasteiger partial charge in [-0.05, 0) is 18.6 Å². The molecule has 0 aromatic carbocycles. The van der Waals surface area contributed by atoms with Crippen LogP contribution in [0.4, 0.5) is 11.8 Å². The van der Waals surface area contributed by atoms with Gasteiger partial charge in [0.2, 0.25) is 11.8 Å². The zero-order valence-electron chi connectivity index (χ0n) is 15.1. The molecule has 0 aliphatic heterocycles. The van der Waals surface area contributed by atoms with Crippen molar-refractivity contribution < 1.29 is 4.74 Å². The van der Waals surface area contributed by atoms with Gasteiger partial charge in [-0.15, -0.1) is 0 Å². The highest BCUT2D eigenvalue weighted by Gasteiger charge is 2.14. The summed E-state index contributed by atoms with van der Waals surface area (Å²) in [6, 6.07) is 7.47. The standard InChI is InChI=1S/C19H19N7O/c1-3-6-22-19-24-10-13(11-25-19)14-7-16(26-18(21)15(14)8-20)12-4-5-17(27-2)23-9-12/h4-5,7,9-11H,3,6H2,1-2H3,(H2,21,26)(H,22,24,25). The van der Waals surface area contributed by atoms with E-state index in [4.69, 9.17) is 10.5 Å². The molecule has 0 aliphatic carbocycles. The van der Waals surface area contributed by atoms with Gasteiger partial charge in [0.25, 0.3) is 0 Å². The lowest BCUT2D eigenvalue weighted by Gasteiger charge is -2.10. The van der Waals surface area contributed by atoms with Crippen LogP contribution in [0.5, 0.6) is 5.88 Å². The average molecular weight is 361 g/mol. The molecule has 3 aromatic rings. The molecule has 136 valence electrons. The summed E-state index contributed by atoms with van der Waals surface area (Å²) < 4.78 is 5.08. The number of nitrogen functional groups attached to an aromatic ring is 1. The van der Waals surface area contributed by atoms with Crippen molar-refractivity contribution in [2.45, 2.75) is 13.3 Å². The Bertz CT molecular complexity index is 963. The van der Waals surface area contributed by atoms with Crippen molar-refractivity contribution in [1.29, 1.82) is 5.26 Å². The van der Waals surface area contributed by atoms with Gasteiger partial charge in [0, 0.05) is 47.9 Å². The number of methoxy groups -OCH3 is 1. The summed E-state index contributed by atoms with van der Waals surface area (Å²) in [4.78, 5) is 17.1. The van der Waals surface area contributed by atoms with Crippen LogP contribution in [0, 0.1) is 11.3 Å². The molecule has 3 rings (SSSR count). The van der Waals surface area contributed by atoms with E-state index in [1.807, 2.05) is 6.07 Å². The van der Waals surface area contributed by atoms with Gasteiger partial charge in [0.15, 0.2) is 0 Å². The molecule has 0 radical (unpaired) electrons. The number of anilines is 2. The predicted octanol–water partition coefficient (Wildman–Crippen LogP) is 2.88. The van der Waals surface area contributed by atoms with Crippen LogP contribution in [0.25, 0.3) is 22.4 Å². The van der Waals surface area contributed by atoms with Crippen LogP contribution < -0.4 is 15.8 Å². The first-order valence-corrected chi connectivity index (χ1v) is 8.43. The van der Waals surface area contributed by atoms with Crippen LogP contribution in [-0.4, -0.2) is 33.6 Å². The molecule has 8 heteroatoms. The number of nitrogens with two attached hydrogens (primary N) is 1. The molecule has 27 heavy (non-hydrogen) atoms. The summed E-state index contributed by atoms with van der Waals surface area (Å²) in [5.41, 5.74) is 8.99. The number of hydrogen-bond donors (Lipinski definition) is 2. The molecule has 0 fully saturated rings. The number of ether oxygens (including phenoxy) is 1. The maximum absolute atomic E-state index is 9.51. The van der Waals surface area contributed by atoms with Crippen LogP contribution in [0.2, 0.25) is 0 Å². The van der Waals surface area contributed by atoms with Crippen molar-refractivity contribution in [1.82, 2.24) is 19.9 Å². The van der Waals surface area contributed by atoms with Gasteiger partial charge < -0.3 is 15.8 Å². The summed E-state index contributed by atoms with van der Waals surface area (Å²) in [5.74, 6) is 1.19. The summed E-state index contributed by atoms with van der Waals surface area (Å²) in [7, 11) is 1.55. The lowest BCUT2D eigenvalue weighted by molar-refractivity contribution is 0.398. The summed E-state index contributed by atoms with van der Waals surface area (Å²) in [6.45, 7) is 2.86. The molecule has 0 unspecified atom stereocenters. The van der Waals surface area contributed by atoms with Crippen LogP contribution in [0.1, 0.15) is 18.9 Å². The average Bonchev–Trinajstić information content (AvgIpc) is 2.72. The Morgan fingerprint density at radius 3 is 2.48 bits per heavy atom. The van der Waals surface area contributed by atoms with Gasteiger partial charge in [0.1, 0.15) is 17.5 Å². The van der Waals surface area contributed by atoms with Gasteiger partial charge in [0.05, 0.1) is 12.8 Å². The van der Waals surface area contributed by atoms with Crippen molar-refractivity contribution in [3.05, 3.63) is 42.4 Å². The molecular weight excluding hydrogens is 342 g/mol. The Labute approximate surface area is 157 Å². The molecule has 3 heterocycles. The van der Waals surface area contributed by atoms with E-state index < -0.39 is 0 Å². The first-order chi connectivity index (χ1) is 13.2. The SMILES string of the molecule is CCCNc1ncc(-c2cc(-c3ccc(OC)nc3)nc(N)c2C#N)cn1. The summed E-state index contributed by atoms with van der Waals surface area (Å²) in [5, 5.41) is 12.6. The zero-order valence-corrected chi connectivity index (χ0v) is 15.1. The number of aromatic nitrogens is 4. The highest BCUT2D eigenvalue weighted by molar-refractivity contribution is 5.79. The van der Waals surface area contributed by atoms with E-state index in [2.05, 4.69) is 38.2 Å². The second kappa shape index (κ2) is 8.10. The molecule has 0 saturated carbocycles. The normalized spacial score (nSPS) is 10.3. The third-order valence-electron chi connectivity index (χ3n) is 3.90. The predicted molar refractivity (Wildman–Crippen MR) is 103 cm³/mol. The highest BCUT2D eigenvalue weighted by atomic mass is 16.5. The molecule has 0 saturated heterocycles. The minimum atomic E-state index is 0.147. The summed E-state index contributed by atoms with van der Waals surface area (Å²) in [6.07, 6.45) is 5.95. The number of hydrogen-bond acceptors (Lipinski definition) is 8. The van der Waals surface area contributed by atoms with Crippen LogP contribution in [-0.2, 0) is 0 Å². The molecule has 3 N–H and O–H groups in total. The Morgan fingerprint density at radius 1 is 1.15 bits per heavy atom. The lowest BCUT2D eigenvalue weighted by atomic mass is 10.0. The van der Waals surface area contributed by atoms with Crippen molar-refractivity contribution in [2.75, 3.05) is 24.7 Å². The monoisotopic (exact) mass is 361 g/mol. The Morgan fingerprint density at radius 2 is 1.89 bits per heavy atom. The number of rotatable bonds is 6. The quantitative estimate of drug-likeness (QED) is 0.687. The number of nitrogens with one attached hydrogen (secondary N) is 1. The van der Waals surface area contributed by atoms with Crippen molar-refractivity contribution >= 4 is 11.8 Å². The van der Waals surface area contributed by atoms with Crippen LogP contribution in [0.3, 0.4) is 0 Å². The number of nitriles is 1. The molecule has 0 spiro atoms. The van der Waals surface area contributed by atoms with Gasteiger partial charge >= 0.3 is 0 Å². The minimum absolute atomic E-state index is 0.147. The van der Waals surface area contributed by atoms with Gasteiger partial charge in [-0.3, -0.25) is 0 Å². The molecule has 8 nitrogen and oxygen atoms in total. The molecule has 0 aliphatic rings. The fourth-order valence-electron chi connectivity index (χ4n) is 2.51. The second-order valence-electron chi connectivity index (χ2n) is 5.74. The lowest BCUT2D eigenvalue weighted by Crippen LogP contribution is -2.04. The third-order valence-corrected chi connectivity index (χ3v) is 3.90. The van der Waals surface area contributed by atoms with Gasteiger partial charge in [-0.1, -0.05) is 6.92 Å². The molecule has 3 aromatic heterocycles. The van der Waals surface area contributed by atoms with E-state index in [0.717, 1.165) is 18.5 Å². The van der Waals surface area contributed by atoms with Crippen molar-refractivity contribution in [2.24, 2.45) is 0 Å². The molecular formula is C19H19N7O. The van der Waals surface area contributed by atoms with Crippen molar-refractivity contribution in [3.63, 3.8) is 0 Å². The number of pyridine rings is 2. The number of nitrogens with zero attached hydrogens (tertiary/aromatic N) is 5. The smallest absolute Gasteiger partial charge is 0.222 e. The second-order valence-corrected chi connectivity index (χ2v) is 5.74. The molecule has 0 bridgehead atoms.